The second-order valence-corrected chi connectivity index (χ2v) is 17.7. The third-order valence-corrected chi connectivity index (χ3v) is 11.8. The number of fused-ring (bicyclic) bond motifs is 2. The van der Waals surface area contributed by atoms with Crippen LogP contribution in [0.4, 0.5) is 45.5 Å². The lowest BCUT2D eigenvalue weighted by atomic mass is 10.1. The van der Waals surface area contributed by atoms with Crippen LogP contribution in [-0.2, 0) is 36.4 Å². The Bertz CT molecular complexity index is 3590. The van der Waals surface area contributed by atoms with Crippen LogP contribution in [0.1, 0.15) is 27.6 Å². The number of methoxy groups -OCH3 is 1. The average Bonchev–Trinajstić information content (AvgIpc) is 3.28. The van der Waals surface area contributed by atoms with Crippen LogP contribution in [0, 0.1) is 0 Å². The van der Waals surface area contributed by atoms with Crippen LogP contribution < -0.4 is 24.9 Å². The van der Waals surface area contributed by atoms with Crippen molar-refractivity contribution in [2.45, 2.75) is 16.7 Å². The highest BCUT2D eigenvalue weighted by Crippen LogP contribution is 2.47. The molecule has 0 saturated heterocycles. The molecule has 1 atom stereocenters. The molecular weight excluding hydrogens is 967 g/mol. The molecule has 354 valence electrons. The molecule has 0 heterocycles. The monoisotopic (exact) mass is 999 g/mol. The van der Waals surface area contributed by atoms with Gasteiger partial charge < -0.3 is 40.2 Å². The summed E-state index contributed by atoms with van der Waals surface area (Å²) in [4.78, 5) is 35.4. The van der Waals surface area contributed by atoms with E-state index in [9.17, 15) is 64.4 Å². The summed E-state index contributed by atoms with van der Waals surface area (Å²) in [6.07, 6.45) is 0. The first-order chi connectivity index (χ1) is 32.6. The number of hydrogen-bond donors (Lipinski definition) is 9. The van der Waals surface area contributed by atoms with Gasteiger partial charge in [-0.25, -0.2) is 4.79 Å². The first-order valence-corrected chi connectivity index (χ1v) is 23.2. The van der Waals surface area contributed by atoms with E-state index in [2.05, 4.69) is 36.4 Å². The lowest BCUT2D eigenvalue weighted by molar-refractivity contribution is -0.114. The highest BCUT2D eigenvalue weighted by molar-refractivity contribution is 7.86. The molecule has 2 amide bonds. The van der Waals surface area contributed by atoms with E-state index in [4.69, 9.17) is 8.92 Å². The van der Waals surface area contributed by atoms with Crippen molar-refractivity contribution >= 4 is 116 Å². The van der Waals surface area contributed by atoms with Gasteiger partial charge in [-0.3, -0.25) is 23.2 Å². The van der Waals surface area contributed by atoms with Crippen LogP contribution in [0.5, 0.6) is 23.0 Å². The fourth-order valence-corrected chi connectivity index (χ4v) is 8.32. The number of hydrogen-bond acceptors (Lipinski definition) is 17. The summed E-state index contributed by atoms with van der Waals surface area (Å²) in [6, 6.07) is 24.0. The number of carboxylic acid groups (broad SMARTS) is 1. The van der Waals surface area contributed by atoms with Gasteiger partial charge in [-0.05, 0) is 89.6 Å². The number of phenolic OH excluding ortho intramolecular Hbond substituents is 2. The van der Waals surface area contributed by atoms with Crippen molar-refractivity contribution < 1.29 is 73.3 Å². The van der Waals surface area contributed by atoms with Gasteiger partial charge in [-0.15, -0.1) is 20.5 Å². The molecule has 0 spiro atoms. The molecule has 7 aromatic rings. The summed E-state index contributed by atoms with van der Waals surface area (Å²) >= 11 is -3.02. The van der Waals surface area contributed by atoms with Gasteiger partial charge in [0, 0.05) is 46.4 Å². The first-order valence-electron chi connectivity index (χ1n) is 19.3. The third kappa shape index (κ3) is 10.9. The van der Waals surface area contributed by atoms with Crippen LogP contribution in [0.25, 0.3) is 21.5 Å². The summed E-state index contributed by atoms with van der Waals surface area (Å²) in [5, 5.41) is 56.6. The molecular formula is C43H33N7O16S3. The molecule has 69 heavy (non-hydrogen) atoms. The standard InChI is InChI=1S/C43H33N7O16S3/c1-21(51)44-26-9-8-23-16-37(69(62,63)64)39(41(53)29(23)17-26)50-48-33-19-30(43(55)56)32(20-34(33)65-2)47-49-38-35(66-67(57)58)15-24-14-25(10-12-28(24)40(38)52)45-27-11-13-31(36(18-27)68(59,60)61)46-42(54)22-6-4-3-5-7-22/h3-20,45,52-53H,1-2H3,(H,44,51)(H,46,54)(H,55,56)(H,57,58)(H,59,60,61)(H,62,63,64). The Labute approximate surface area is 391 Å². The van der Waals surface area contributed by atoms with Crippen molar-refractivity contribution in [3.8, 4) is 23.0 Å². The largest absolute Gasteiger partial charge is 0.505 e. The Morgan fingerprint density at radius 3 is 1.93 bits per heavy atom. The van der Waals surface area contributed by atoms with E-state index in [1.165, 1.54) is 73.7 Å². The molecule has 23 nitrogen and oxygen atoms in total. The van der Waals surface area contributed by atoms with Gasteiger partial charge in [0.25, 0.3) is 26.1 Å². The van der Waals surface area contributed by atoms with Crippen molar-refractivity contribution in [2.75, 3.05) is 23.1 Å². The molecule has 1 unspecified atom stereocenters. The fraction of sp³-hybridized carbons (Fsp3) is 0.0465. The second kappa shape index (κ2) is 19.4. The van der Waals surface area contributed by atoms with E-state index in [1.807, 2.05) is 0 Å². The number of amides is 2. The Morgan fingerprint density at radius 1 is 0.638 bits per heavy atom. The molecule has 0 aliphatic heterocycles. The molecule has 0 saturated carbocycles. The van der Waals surface area contributed by atoms with Crippen molar-refractivity contribution in [1.29, 1.82) is 0 Å². The number of benzene rings is 7. The van der Waals surface area contributed by atoms with Crippen molar-refractivity contribution in [1.82, 2.24) is 0 Å². The normalized spacial score (nSPS) is 12.3. The fourth-order valence-electron chi connectivity index (χ4n) is 6.71. The van der Waals surface area contributed by atoms with E-state index >= 15 is 0 Å². The van der Waals surface area contributed by atoms with E-state index in [0.717, 1.165) is 31.4 Å². The summed E-state index contributed by atoms with van der Waals surface area (Å²) in [6.45, 7) is 1.24. The molecule has 7 rings (SSSR count). The number of phenols is 2. The van der Waals surface area contributed by atoms with Crippen molar-refractivity contribution in [2.24, 2.45) is 20.5 Å². The van der Waals surface area contributed by atoms with Crippen LogP contribution in [-0.4, -0.2) is 74.9 Å². The predicted molar refractivity (Wildman–Crippen MR) is 249 cm³/mol. The highest BCUT2D eigenvalue weighted by atomic mass is 32.2. The van der Waals surface area contributed by atoms with Gasteiger partial charge in [0.05, 0.1) is 18.4 Å². The smallest absolute Gasteiger partial charge is 0.357 e. The number of carbonyl (C=O) groups excluding carboxylic acids is 2. The lowest BCUT2D eigenvalue weighted by Crippen LogP contribution is -2.14. The second-order valence-electron chi connectivity index (χ2n) is 14.3. The maximum atomic E-state index is 12.7. The highest BCUT2D eigenvalue weighted by Gasteiger charge is 2.25. The lowest BCUT2D eigenvalue weighted by Gasteiger charge is -2.14. The van der Waals surface area contributed by atoms with Crippen LogP contribution >= 0.6 is 0 Å². The molecule has 0 fully saturated rings. The van der Waals surface area contributed by atoms with Gasteiger partial charge in [-0.2, -0.15) is 21.0 Å². The number of aromatic hydroxyl groups is 2. The minimum atomic E-state index is -5.06. The number of carbonyl (C=O) groups is 3. The third-order valence-electron chi connectivity index (χ3n) is 9.74. The number of rotatable bonds is 15. The van der Waals surface area contributed by atoms with E-state index in [0.29, 0.717) is 0 Å². The molecule has 0 radical (unpaired) electrons. The number of azo groups is 2. The molecule has 0 aliphatic rings. The number of anilines is 4. The summed E-state index contributed by atoms with van der Waals surface area (Å²) in [5.41, 5.74) is -2.14. The van der Waals surface area contributed by atoms with E-state index in [-0.39, 0.29) is 61.3 Å². The average molecular weight is 1000 g/mol. The summed E-state index contributed by atoms with van der Waals surface area (Å²) < 4.78 is 102. The maximum Gasteiger partial charge on any atom is 0.357 e. The molecule has 0 aliphatic carbocycles. The van der Waals surface area contributed by atoms with Gasteiger partial charge >= 0.3 is 17.3 Å². The van der Waals surface area contributed by atoms with Crippen LogP contribution in [0.2, 0.25) is 0 Å². The molecule has 7 aromatic carbocycles. The quantitative estimate of drug-likeness (QED) is 0.0263. The predicted octanol–water partition coefficient (Wildman–Crippen LogP) is 8.91. The van der Waals surface area contributed by atoms with E-state index < -0.39 is 99.0 Å². The zero-order valence-electron chi connectivity index (χ0n) is 35.2. The zero-order valence-corrected chi connectivity index (χ0v) is 37.6. The molecule has 9 N–H and O–H groups in total. The number of nitrogens with zero attached hydrogens (tertiary/aromatic N) is 4. The van der Waals surface area contributed by atoms with Gasteiger partial charge in [0.2, 0.25) is 5.91 Å². The molecule has 0 aromatic heterocycles. The van der Waals surface area contributed by atoms with Gasteiger partial charge in [0.1, 0.15) is 32.6 Å². The SMILES string of the molecule is COc1cc(N=Nc2c(OS(=O)O)cc3cc(Nc4ccc(NC(=O)c5ccccc5)c(S(=O)(=O)O)c4)ccc3c2O)c(C(=O)O)cc1N=Nc1c(S(=O)(=O)O)cc2ccc(NC(C)=O)cc2c1O. The molecule has 26 heteroatoms. The Kier molecular flexibility index (Phi) is 13.7. The topological polar surface area (TPSA) is 362 Å². The van der Waals surface area contributed by atoms with Crippen molar-refractivity contribution in [3.63, 3.8) is 0 Å². The number of nitrogens with one attached hydrogen (secondary N) is 3. The first kappa shape index (κ1) is 48.5. The molecule has 0 bridgehead atoms. The van der Waals surface area contributed by atoms with Crippen molar-refractivity contribution in [3.05, 3.63) is 120 Å². The summed E-state index contributed by atoms with van der Waals surface area (Å²) in [7, 11) is -8.79. The minimum absolute atomic E-state index is 0.00894. The Morgan fingerprint density at radius 2 is 1.28 bits per heavy atom. The minimum Gasteiger partial charge on any atom is -0.505 e. The van der Waals surface area contributed by atoms with E-state index in [1.54, 1.807) is 18.2 Å². The van der Waals surface area contributed by atoms with Crippen LogP contribution in [0.3, 0.4) is 0 Å². The number of ether oxygens (including phenoxy) is 1. The number of aromatic carboxylic acids is 1. The van der Waals surface area contributed by atoms with Crippen LogP contribution in [0.15, 0.2) is 139 Å². The Hall–Kier alpha value is -8.40. The maximum absolute atomic E-state index is 12.7. The summed E-state index contributed by atoms with van der Waals surface area (Å²) in [5.74, 6) is -4.93. The number of carboxylic acids is 1. The Balaban J connectivity index is 1.23. The van der Waals surface area contributed by atoms with Gasteiger partial charge in [0.15, 0.2) is 22.9 Å². The van der Waals surface area contributed by atoms with Gasteiger partial charge in [-0.1, -0.05) is 24.3 Å². The zero-order chi connectivity index (χ0) is 49.9.